The average molecular weight is 183 g/mol. The molecule has 2 N–H and O–H groups in total. The third kappa shape index (κ3) is 4.45. The normalized spacial score (nSPS) is 10.2. The van der Waals surface area contributed by atoms with Crippen LogP contribution in [0.15, 0.2) is 0 Å². The average Bonchev–Trinajstić information content (AvgIpc) is 2.63. The summed E-state index contributed by atoms with van der Waals surface area (Å²) >= 11 is 0. The molecule has 1 heterocycles. The fourth-order valence-electron chi connectivity index (χ4n) is 1.17. The maximum atomic E-state index is 3.79. The van der Waals surface area contributed by atoms with Gasteiger partial charge in [0.15, 0.2) is 0 Å². The number of nitrogens with zero attached hydrogens (tertiary/aromatic N) is 3. The Kier molecular flexibility index (Phi) is 4.90. The molecule has 0 aliphatic rings. The molecule has 74 valence electrons. The Morgan fingerprint density at radius 3 is 2.77 bits per heavy atom. The molecule has 0 saturated carbocycles. The quantitative estimate of drug-likeness (QED) is 0.630. The SMILES string of the molecule is CCCCCCCNc1nn[nH]n1. The minimum absolute atomic E-state index is 0.593. The van der Waals surface area contributed by atoms with Crippen molar-refractivity contribution < 1.29 is 0 Å². The number of rotatable bonds is 7. The summed E-state index contributed by atoms with van der Waals surface area (Å²) in [5.41, 5.74) is 0. The van der Waals surface area contributed by atoms with Gasteiger partial charge < -0.3 is 5.32 Å². The van der Waals surface area contributed by atoms with Gasteiger partial charge in [0, 0.05) is 6.54 Å². The number of aromatic amines is 1. The van der Waals surface area contributed by atoms with Crippen molar-refractivity contribution in [3.05, 3.63) is 0 Å². The van der Waals surface area contributed by atoms with E-state index in [-0.39, 0.29) is 0 Å². The zero-order valence-electron chi connectivity index (χ0n) is 8.08. The minimum Gasteiger partial charge on any atom is -0.352 e. The van der Waals surface area contributed by atoms with Crippen LogP contribution in [0.2, 0.25) is 0 Å². The van der Waals surface area contributed by atoms with Crippen molar-refractivity contribution in [2.24, 2.45) is 0 Å². The third-order valence-corrected chi connectivity index (χ3v) is 1.91. The zero-order chi connectivity index (χ0) is 9.36. The minimum atomic E-state index is 0.593. The molecule has 0 saturated heterocycles. The highest BCUT2D eigenvalue weighted by molar-refractivity contribution is 5.17. The van der Waals surface area contributed by atoms with Crippen LogP contribution >= 0.6 is 0 Å². The molecule has 0 spiro atoms. The van der Waals surface area contributed by atoms with Gasteiger partial charge in [0.25, 0.3) is 5.95 Å². The zero-order valence-corrected chi connectivity index (χ0v) is 8.08. The van der Waals surface area contributed by atoms with E-state index in [0.717, 1.165) is 6.54 Å². The molecule has 5 heteroatoms. The van der Waals surface area contributed by atoms with E-state index in [2.05, 4.69) is 32.9 Å². The molecule has 1 aromatic rings. The first-order valence-electron chi connectivity index (χ1n) is 4.91. The third-order valence-electron chi connectivity index (χ3n) is 1.91. The number of unbranched alkanes of at least 4 members (excludes halogenated alkanes) is 4. The van der Waals surface area contributed by atoms with E-state index in [1.807, 2.05) is 0 Å². The Morgan fingerprint density at radius 1 is 1.23 bits per heavy atom. The van der Waals surface area contributed by atoms with Gasteiger partial charge in [-0.05, 0) is 11.6 Å². The van der Waals surface area contributed by atoms with E-state index in [1.165, 1.54) is 32.1 Å². The van der Waals surface area contributed by atoms with Gasteiger partial charge >= 0.3 is 0 Å². The van der Waals surface area contributed by atoms with Crippen LogP contribution in [0.5, 0.6) is 0 Å². The van der Waals surface area contributed by atoms with Crippen LogP contribution in [0, 0.1) is 0 Å². The molecule has 1 rings (SSSR count). The van der Waals surface area contributed by atoms with Gasteiger partial charge in [0.2, 0.25) is 0 Å². The lowest BCUT2D eigenvalue weighted by atomic mass is 10.1. The number of H-pyrrole nitrogens is 1. The molecule has 13 heavy (non-hydrogen) atoms. The van der Waals surface area contributed by atoms with E-state index in [0.29, 0.717) is 5.95 Å². The molecule has 0 aliphatic heterocycles. The number of anilines is 1. The Labute approximate surface area is 78.3 Å². The Balaban J connectivity index is 1.90. The van der Waals surface area contributed by atoms with E-state index in [1.54, 1.807) is 0 Å². The number of tetrazole rings is 1. The van der Waals surface area contributed by atoms with Crippen molar-refractivity contribution in [1.29, 1.82) is 0 Å². The van der Waals surface area contributed by atoms with E-state index in [4.69, 9.17) is 0 Å². The van der Waals surface area contributed by atoms with Crippen molar-refractivity contribution in [1.82, 2.24) is 20.6 Å². The van der Waals surface area contributed by atoms with Crippen LogP contribution in [0.3, 0.4) is 0 Å². The van der Waals surface area contributed by atoms with Gasteiger partial charge in [0.1, 0.15) is 0 Å². The largest absolute Gasteiger partial charge is 0.352 e. The predicted octanol–water partition coefficient (Wildman–Crippen LogP) is 1.58. The summed E-state index contributed by atoms with van der Waals surface area (Å²) in [4.78, 5) is 0. The first kappa shape index (κ1) is 9.95. The summed E-state index contributed by atoms with van der Waals surface area (Å²) in [6.07, 6.45) is 6.40. The number of aromatic nitrogens is 4. The molecule has 0 unspecified atom stereocenters. The molecule has 5 nitrogen and oxygen atoms in total. The van der Waals surface area contributed by atoms with Gasteiger partial charge in [0.05, 0.1) is 0 Å². The van der Waals surface area contributed by atoms with E-state index >= 15 is 0 Å². The summed E-state index contributed by atoms with van der Waals surface area (Å²) in [5, 5.41) is 16.5. The fraction of sp³-hybridized carbons (Fsp3) is 0.875. The lowest BCUT2D eigenvalue weighted by molar-refractivity contribution is 0.644. The fourth-order valence-corrected chi connectivity index (χ4v) is 1.17. The number of hydrogen-bond acceptors (Lipinski definition) is 4. The Bertz CT molecular complexity index is 196. The highest BCUT2D eigenvalue weighted by Crippen LogP contribution is 2.02. The maximum absolute atomic E-state index is 3.79. The molecule has 0 amide bonds. The van der Waals surface area contributed by atoms with Crippen LogP contribution in [0.1, 0.15) is 39.0 Å². The lowest BCUT2D eigenvalue weighted by Crippen LogP contribution is -2.02. The van der Waals surface area contributed by atoms with Crippen molar-refractivity contribution in [2.75, 3.05) is 11.9 Å². The second kappa shape index (κ2) is 6.39. The molecular formula is C8H17N5. The first-order chi connectivity index (χ1) is 6.43. The van der Waals surface area contributed by atoms with Crippen LogP contribution in [-0.4, -0.2) is 27.2 Å². The monoisotopic (exact) mass is 183 g/mol. The highest BCUT2D eigenvalue weighted by atomic mass is 15.5. The summed E-state index contributed by atoms with van der Waals surface area (Å²) in [5.74, 6) is 0.593. The predicted molar refractivity (Wildman–Crippen MR) is 51.4 cm³/mol. The summed E-state index contributed by atoms with van der Waals surface area (Å²) in [7, 11) is 0. The van der Waals surface area contributed by atoms with Gasteiger partial charge in [-0.1, -0.05) is 37.7 Å². The van der Waals surface area contributed by atoms with Gasteiger partial charge in [-0.3, -0.25) is 0 Å². The number of hydrogen-bond donors (Lipinski definition) is 2. The van der Waals surface area contributed by atoms with Crippen LogP contribution in [0.4, 0.5) is 5.95 Å². The van der Waals surface area contributed by atoms with Crippen molar-refractivity contribution >= 4 is 5.95 Å². The molecule has 0 radical (unpaired) electrons. The second-order valence-corrected chi connectivity index (χ2v) is 3.08. The first-order valence-corrected chi connectivity index (χ1v) is 4.91. The van der Waals surface area contributed by atoms with Crippen LogP contribution in [0.25, 0.3) is 0 Å². The summed E-state index contributed by atoms with van der Waals surface area (Å²) in [6.45, 7) is 3.15. The second-order valence-electron chi connectivity index (χ2n) is 3.08. The van der Waals surface area contributed by atoms with Crippen LogP contribution < -0.4 is 5.32 Å². The summed E-state index contributed by atoms with van der Waals surface area (Å²) < 4.78 is 0. The van der Waals surface area contributed by atoms with Crippen molar-refractivity contribution in [3.8, 4) is 0 Å². The van der Waals surface area contributed by atoms with Gasteiger partial charge in [-0.2, -0.15) is 5.21 Å². The summed E-state index contributed by atoms with van der Waals surface area (Å²) in [6, 6.07) is 0. The molecular weight excluding hydrogens is 166 g/mol. The van der Waals surface area contributed by atoms with Crippen molar-refractivity contribution in [3.63, 3.8) is 0 Å². The molecule has 0 atom stereocenters. The van der Waals surface area contributed by atoms with Crippen molar-refractivity contribution in [2.45, 2.75) is 39.0 Å². The smallest absolute Gasteiger partial charge is 0.263 e. The molecule has 0 fully saturated rings. The molecule has 0 aliphatic carbocycles. The van der Waals surface area contributed by atoms with E-state index in [9.17, 15) is 0 Å². The van der Waals surface area contributed by atoms with Gasteiger partial charge in [-0.25, -0.2) is 0 Å². The lowest BCUT2D eigenvalue weighted by Gasteiger charge is -2.00. The van der Waals surface area contributed by atoms with E-state index < -0.39 is 0 Å². The molecule has 1 aromatic heterocycles. The maximum Gasteiger partial charge on any atom is 0.263 e. The standard InChI is InChI=1S/C8H17N5/c1-2-3-4-5-6-7-9-8-10-12-13-11-8/h2-7H2,1H3,(H2,9,10,11,12,13). The van der Waals surface area contributed by atoms with Gasteiger partial charge in [-0.15, -0.1) is 5.10 Å². The Hall–Kier alpha value is -1.13. The Morgan fingerprint density at radius 2 is 2.08 bits per heavy atom. The van der Waals surface area contributed by atoms with Crippen LogP contribution in [-0.2, 0) is 0 Å². The highest BCUT2D eigenvalue weighted by Gasteiger charge is 1.94. The molecule has 0 bridgehead atoms. The topological polar surface area (TPSA) is 66.5 Å². The molecule has 0 aromatic carbocycles. The number of nitrogens with one attached hydrogen (secondary N) is 2.